The van der Waals surface area contributed by atoms with Gasteiger partial charge in [-0.25, -0.2) is 8.42 Å². The third-order valence-corrected chi connectivity index (χ3v) is 7.36. The van der Waals surface area contributed by atoms with Gasteiger partial charge in [0.15, 0.2) is 9.84 Å². The molecule has 0 unspecified atom stereocenters. The molecule has 2 heterocycles. The van der Waals surface area contributed by atoms with E-state index in [0.717, 1.165) is 9.13 Å². The molecule has 1 aromatic carbocycles. The van der Waals surface area contributed by atoms with Crippen molar-refractivity contribution < 1.29 is 13.2 Å². The Hall–Kier alpha value is -0.450. The van der Waals surface area contributed by atoms with Crippen LogP contribution in [0.1, 0.15) is 12.0 Å². The maximum Gasteiger partial charge on any atom is 0.266 e. The highest BCUT2D eigenvalue weighted by atomic mass is 127. The summed E-state index contributed by atoms with van der Waals surface area (Å²) in [6.45, 7) is 0. The van der Waals surface area contributed by atoms with Gasteiger partial charge in [-0.1, -0.05) is 36.1 Å². The smallest absolute Gasteiger partial charge is 0.266 e. The van der Waals surface area contributed by atoms with E-state index in [1.165, 1.54) is 16.7 Å². The van der Waals surface area contributed by atoms with Gasteiger partial charge in [-0.05, 0) is 52.8 Å². The SMILES string of the molecule is O=C1/C(=C/c2ccc(I)cc2)SC(=S)N1[C@@H]1CCS(=O)(=O)C1. The lowest BCUT2D eigenvalue weighted by Gasteiger charge is -2.20. The molecule has 0 N–H and O–H groups in total. The molecule has 0 aromatic heterocycles. The largest absolute Gasteiger partial charge is 0.289 e. The minimum atomic E-state index is -3.04. The Balaban J connectivity index is 1.84. The fourth-order valence-corrected chi connectivity index (χ4v) is 5.94. The number of rotatable bonds is 2. The second-order valence-electron chi connectivity index (χ2n) is 5.16. The number of thiocarbonyl (C=S) groups is 1. The van der Waals surface area contributed by atoms with Crippen molar-refractivity contribution in [2.75, 3.05) is 11.5 Å². The van der Waals surface area contributed by atoms with Crippen LogP contribution in [0.3, 0.4) is 0 Å². The minimum Gasteiger partial charge on any atom is -0.289 e. The van der Waals surface area contributed by atoms with E-state index in [0.29, 0.717) is 15.6 Å². The van der Waals surface area contributed by atoms with Crippen molar-refractivity contribution in [1.29, 1.82) is 0 Å². The molecule has 2 fully saturated rings. The third kappa shape index (κ3) is 3.39. The highest BCUT2D eigenvalue weighted by Crippen LogP contribution is 2.36. The van der Waals surface area contributed by atoms with Crippen molar-refractivity contribution in [3.8, 4) is 0 Å². The van der Waals surface area contributed by atoms with Crippen LogP contribution in [0.4, 0.5) is 0 Å². The predicted octanol–water partition coefficient (Wildman–Crippen LogP) is 2.68. The van der Waals surface area contributed by atoms with Crippen LogP contribution < -0.4 is 0 Å². The number of carbonyl (C=O) groups is 1. The first-order chi connectivity index (χ1) is 10.4. The zero-order chi connectivity index (χ0) is 15.9. The summed E-state index contributed by atoms with van der Waals surface area (Å²) in [6, 6.07) is 7.50. The summed E-state index contributed by atoms with van der Waals surface area (Å²) in [5, 5.41) is 0. The van der Waals surface area contributed by atoms with Crippen LogP contribution in [0.5, 0.6) is 0 Å². The molecule has 2 aliphatic rings. The quantitative estimate of drug-likeness (QED) is 0.382. The Labute approximate surface area is 152 Å². The van der Waals surface area contributed by atoms with Crippen LogP contribution in [-0.4, -0.2) is 41.1 Å². The van der Waals surface area contributed by atoms with Crippen molar-refractivity contribution in [3.05, 3.63) is 38.3 Å². The lowest BCUT2D eigenvalue weighted by Crippen LogP contribution is -2.39. The molecule has 0 radical (unpaired) electrons. The fourth-order valence-electron chi connectivity index (χ4n) is 2.48. The Morgan fingerprint density at radius 1 is 1.32 bits per heavy atom. The molecule has 2 aliphatic heterocycles. The van der Waals surface area contributed by atoms with E-state index in [-0.39, 0.29) is 23.5 Å². The van der Waals surface area contributed by atoms with Crippen LogP contribution >= 0.6 is 46.6 Å². The van der Waals surface area contributed by atoms with Gasteiger partial charge < -0.3 is 0 Å². The Kier molecular flexibility index (Phi) is 4.64. The maximum atomic E-state index is 12.5. The topological polar surface area (TPSA) is 54.5 Å². The molecule has 0 aliphatic carbocycles. The number of thioether (sulfide) groups is 1. The van der Waals surface area contributed by atoms with Crippen molar-refractivity contribution in [1.82, 2.24) is 4.90 Å². The van der Waals surface area contributed by atoms with Gasteiger partial charge in [-0.2, -0.15) is 0 Å². The van der Waals surface area contributed by atoms with E-state index in [1.807, 2.05) is 24.3 Å². The molecule has 4 nitrogen and oxygen atoms in total. The zero-order valence-electron chi connectivity index (χ0n) is 11.4. The number of benzene rings is 1. The first-order valence-corrected chi connectivity index (χ1v) is 10.7. The highest BCUT2D eigenvalue weighted by Gasteiger charge is 2.41. The molecule has 0 saturated carbocycles. The van der Waals surface area contributed by atoms with Gasteiger partial charge in [-0.15, -0.1) is 0 Å². The molecule has 1 atom stereocenters. The van der Waals surface area contributed by atoms with Crippen LogP contribution in [-0.2, 0) is 14.6 Å². The van der Waals surface area contributed by atoms with E-state index < -0.39 is 9.84 Å². The van der Waals surface area contributed by atoms with E-state index in [4.69, 9.17) is 12.2 Å². The molecule has 22 heavy (non-hydrogen) atoms. The van der Waals surface area contributed by atoms with Gasteiger partial charge in [0.2, 0.25) is 0 Å². The highest BCUT2D eigenvalue weighted by molar-refractivity contribution is 14.1. The Bertz CT molecular complexity index is 771. The summed E-state index contributed by atoms with van der Waals surface area (Å²) in [6.07, 6.45) is 2.27. The number of carbonyl (C=O) groups excluding carboxylic acids is 1. The Morgan fingerprint density at radius 3 is 2.59 bits per heavy atom. The van der Waals surface area contributed by atoms with Crippen LogP contribution in [0.15, 0.2) is 29.2 Å². The lowest BCUT2D eigenvalue weighted by molar-refractivity contribution is -0.123. The molecule has 0 bridgehead atoms. The van der Waals surface area contributed by atoms with Gasteiger partial charge in [-0.3, -0.25) is 9.69 Å². The first kappa shape index (κ1) is 16.4. The van der Waals surface area contributed by atoms with Crippen LogP contribution in [0, 0.1) is 3.57 Å². The summed E-state index contributed by atoms with van der Waals surface area (Å²) in [5.41, 5.74) is 0.931. The van der Waals surface area contributed by atoms with E-state index in [1.54, 1.807) is 6.08 Å². The summed E-state index contributed by atoms with van der Waals surface area (Å²) in [7, 11) is -3.04. The molecule has 1 aromatic rings. The van der Waals surface area contributed by atoms with Gasteiger partial charge >= 0.3 is 0 Å². The molecule has 2 saturated heterocycles. The average molecular weight is 465 g/mol. The number of halogens is 1. The van der Waals surface area contributed by atoms with E-state index in [9.17, 15) is 13.2 Å². The maximum absolute atomic E-state index is 12.5. The number of hydrogen-bond acceptors (Lipinski definition) is 5. The van der Waals surface area contributed by atoms with Gasteiger partial charge in [0, 0.05) is 3.57 Å². The summed E-state index contributed by atoms with van der Waals surface area (Å²) < 4.78 is 24.8. The number of sulfone groups is 1. The molecular weight excluding hydrogens is 453 g/mol. The molecular formula is C14H12INO3S3. The van der Waals surface area contributed by atoms with E-state index in [2.05, 4.69) is 22.6 Å². The second kappa shape index (κ2) is 6.21. The first-order valence-electron chi connectivity index (χ1n) is 6.59. The third-order valence-electron chi connectivity index (χ3n) is 3.56. The molecule has 8 heteroatoms. The van der Waals surface area contributed by atoms with Crippen molar-refractivity contribution in [2.45, 2.75) is 12.5 Å². The zero-order valence-corrected chi connectivity index (χ0v) is 16.0. The summed E-state index contributed by atoms with van der Waals surface area (Å²) in [5.74, 6) is -0.0446. The second-order valence-corrected chi connectivity index (χ2v) is 10.3. The molecule has 0 spiro atoms. The fraction of sp³-hybridized carbons (Fsp3) is 0.286. The monoisotopic (exact) mass is 465 g/mol. The summed E-state index contributed by atoms with van der Waals surface area (Å²) in [4.78, 5) is 14.6. The number of amides is 1. The average Bonchev–Trinajstić information content (AvgIpc) is 2.93. The molecule has 1 amide bonds. The molecule has 116 valence electrons. The van der Waals surface area contributed by atoms with Gasteiger partial charge in [0.05, 0.1) is 22.5 Å². The van der Waals surface area contributed by atoms with Gasteiger partial charge in [0.1, 0.15) is 4.32 Å². The normalized spacial score (nSPS) is 26.1. The molecule has 3 rings (SSSR count). The Morgan fingerprint density at radius 2 is 2.00 bits per heavy atom. The predicted molar refractivity (Wildman–Crippen MR) is 101 cm³/mol. The van der Waals surface area contributed by atoms with Crippen molar-refractivity contribution in [2.24, 2.45) is 0 Å². The summed E-state index contributed by atoms with van der Waals surface area (Å²) >= 11 is 8.74. The van der Waals surface area contributed by atoms with Crippen molar-refractivity contribution in [3.63, 3.8) is 0 Å². The number of nitrogens with zero attached hydrogens (tertiary/aromatic N) is 1. The standard InChI is InChI=1S/C14H12INO3S3/c15-10-3-1-9(2-4-10)7-12-13(17)16(14(20)21-12)11-5-6-22(18,19)8-11/h1-4,7,11H,5-6,8H2/b12-7-/t11-/m1/s1. The van der Waals surface area contributed by atoms with Crippen LogP contribution in [0.25, 0.3) is 6.08 Å². The minimum absolute atomic E-state index is 0.0102. The number of hydrogen-bond donors (Lipinski definition) is 0. The lowest BCUT2D eigenvalue weighted by atomic mass is 10.2. The van der Waals surface area contributed by atoms with E-state index >= 15 is 0 Å². The van der Waals surface area contributed by atoms with Crippen molar-refractivity contribution >= 4 is 72.7 Å². The van der Waals surface area contributed by atoms with Gasteiger partial charge in [0.25, 0.3) is 5.91 Å². The van der Waals surface area contributed by atoms with Crippen LogP contribution in [0.2, 0.25) is 0 Å².